The number of ether oxygens (including phenoxy) is 1. The van der Waals surface area contributed by atoms with Crippen molar-refractivity contribution in [3.05, 3.63) is 24.3 Å². The number of amides is 2. The van der Waals surface area contributed by atoms with Gasteiger partial charge in [-0.25, -0.2) is 4.79 Å². The first-order valence-electron chi connectivity index (χ1n) is 6.71. The van der Waals surface area contributed by atoms with Gasteiger partial charge in [-0.2, -0.15) is 13.2 Å². The Kier molecular flexibility index (Phi) is 4.59. The minimum atomic E-state index is -4.40. The zero-order valence-electron chi connectivity index (χ0n) is 11.6. The Morgan fingerprint density at radius 2 is 2.05 bits per heavy atom. The number of carbonyl (C=O) groups is 1. The number of halogens is 3. The Morgan fingerprint density at radius 3 is 2.71 bits per heavy atom. The summed E-state index contributed by atoms with van der Waals surface area (Å²) in [6, 6.07) is 4.14. The van der Waals surface area contributed by atoms with Crippen LogP contribution in [0.2, 0.25) is 0 Å². The van der Waals surface area contributed by atoms with Gasteiger partial charge in [-0.05, 0) is 31.4 Å². The van der Waals surface area contributed by atoms with Crippen molar-refractivity contribution < 1.29 is 22.7 Å². The summed E-state index contributed by atoms with van der Waals surface area (Å²) >= 11 is 0. The molecule has 0 aliphatic carbocycles. The summed E-state index contributed by atoms with van der Waals surface area (Å²) in [5.41, 5.74) is 0.358. The molecule has 1 aliphatic rings. The van der Waals surface area contributed by atoms with Crippen molar-refractivity contribution in [2.45, 2.75) is 31.5 Å². The number of nitrogens with one attached hydrogen (secondary N) is 1. The topological polar surface area (TPSA) is 41.6 Å². The molecule has 1 fully saturated rings. The molecule has 1 aromatic rings. The first kappa shape index (κ1) is 15.5. The first-order chi connectivity index (χ1) is 9.93. The van der Waals surface area contributed by atoms with Crippen molar-refractivity contribution in [1.29, 1.82) is 0 Å². The average Bonchev–Trinajstić information content (AvgIpc) is 2.47. The van der Waals surface area contributed by atoms with Crippen molar-refractivity contribution in [2.75, 3.05) is 19.0 Å². The fourth-order valence-corrected chi connectivity index (χ4v) is 2.45. The van der Waals surface area contributed by atoms with Crippen LogP contribution in [-0.2, 0) is 0 Å². The third kappa shape index (κ3) is 3.59. The quantitative estimate of drug-likeness (QED) is 0.906. The second kappa shape index (κ2) is 6.24. The number of benzene rings is 1. The van der Waals surface area contributed by atoms with Crippen LogP contribution in [0.1, 0.15) is 19.3 Å². The van der Waals surface area contributed by atoms with Crippen LogP contribution in [0.5, 0.6) is 5.75 Å². The van der Waals surface area contributed by atoms with E-state index in [-0.39, 0.29) is 13.0 Å². The molecule has 2 amide bonds. The van der Waals surface area contributed by atoms with Gasteiger partial charge in [0.15, 0.2) is 0 Å². The van der Waals surface area contributed by atoms with Gasteiger partial charge in [-0.3, -0.25) is 0 Å². The smallest absolute Gasteiger partial charge is 0.408 e. The van der Waals surface area contributed by atoms with Crippen LogP contribution >= 0.6 is 0 Å². The van der Waals surface area contributed by atoms with Crippen LogP contribution in [0.4, 0.5) is 23.7 Å². The molecule has 1 heterocycles. The fraction of sp³-hybridized carbons (Fsp3) is 0.500. The number of para-hydroxylation sites is 2. The number of urea groups is 1. The monoisotopic (exact) mass is 302 g/mol. The number of carbonyl (C=O) groups excluding carboxylic acids is 1. The van der Waals surface area contributed by atoms with Crippen molar-refractivity contribution in [3.8, 4) is 5.75 Å². The van der Waals surface area contributed by atoms with E-state index in [4.69, 9.17) is 4.74 Å². The Morgan fingerprint density at radius 1 is 1.33 bits per heavy atom. The number of anilines is 1. The van der Waals surface area contributed by atoms with Gasteiger partial charge in [0.05, 0.1) is 12.8 Å². The summed E-state index contributed by atoms with van der Waals surface area (Å²) in [6.07, 6.45) is -3.41. The van der Waals surface area contributed by atoms with Crippen LogP contribution in [0.15, 0.2) is 24.3 Å². The molecule has 0 radical (unpaired) electrons. The maximum absolute atomic E-state index is 13.0. The van der Waals surface area contributed by atoms with E-state index in [0.717, 1.165) is 4.90 Å². The molecule has 0 aromatic heterocycles. The summed E-state index contributed by atoms with van der Waals surface area (Å²) in [6.45, 7) is 0.102. The molecule has 1 N–H and O–H groups in total. The SMILES string of the molecule is COc1ccccc1NC(=O)N1CCCCC1C(F)(F)F. The minimum Gasteiger partial charge on any atom is -0.495 e. The van der Waals surface area contributed by atoms with E-state index in [9.17, 15) is 18.0 Å². The van der Waals surface area contributed by atoms with Crippen LogP contribution in [0.25, 0.3) is 0 Å². The van der Waals surface area contributed by atoms with E-state index in [1.807, 2.05) is 0 Å². The van der Waals surface area contributed by atoms with E-state index in [0.29, 0.717) is 24.3 Å². The summed E-state index contributed by atoms with van der Waals surface area (Å²) in [5.74, 6) is 0.409. The molecule has 2 rings (SSSR count). The van der Waals surface area contributed by atoms with Gasteiger partial charge >= 0.3 is 12.2 Å². The maximum atomic E-state index is 13.0. The largest absolute Gasteiger partial charge is 0.495 e. The number of rotatable bonds is 2. The maximum Gasteiger partial charge on any atom is 0.408 e. The number of hydrogen-bond acceptors (Lipinski definition) is 2. The molecule has 21 heavy (non-hydrogen) atoms. The predicted octanol–water partition coefficient (Wildman–Crippen LogP) is 3.64. The van der Waals surface area contributed by atoms with E-state index < -0.39 is 18.2 Å². The molecule has 1 aliphatic heterocycles. The molecule has 0 spiro atoms. The molecular weight excluding hydrogens is 285 g/mol. The van der Waals surface area contributed by atoms with Crippen LogP contribution in [0.3, 0.4) is 0 Å². The van der Waals surface area contributed by atoms with Crippen molar-refractivity contribution >= 4 is 11.7 Å². The van der Waals surface area contributed by atoms with Gasteiger partial charge in [0.25, 0.3) is 0 Å². The number of methoxy groups -OCH3 is 1. The van der Waals surface area contributed by atoms with E-state index >= 15 is 0 Å². The van der Waals surface area contributed by atoms with Crippen LogP contribution in [0, 0.1) is 0 Å². The molecule has 1 atom stereocenters. The van der Waals surface area contributed by atoms with Gasteiger partial charge < -0.3 is 15.0 Å². The van der Waals surface area contributed by atoms with E-state index in [1.54, 1.807) is 24.3 Å². The highest BCUT2D eigenvalue weighted by molar-refractivity contribution is 5.91. The first-order valence-corrected chi connectivity index (χ1v) is 6.71. The molecule has 1 unspecified atom stereocenters. The second-order valence-corrected chi connectivity index (χ2v) is 4.88. The lowest BCUT2D eigenvalue weighted by Crippen LogP contribution is -2.52. The molecule has 7 heteroatoms. The Bertz CT molecular complexity index is 505. The fourth-order valence-electron chi connectivity index (χ4n) is 2.45. The standard InChI is InChI=1S/C14H17F3N2O2/c1-21-11-7-3-2-6-10(11)18-13(20)19-9-5-4-8-12(19)14(15,16)17/h2-3,6-7,12H,4-5,8-9H2,1H3,(H,18,20). The van der Waals surface area contributed by atoms with Gasteiger partial charge in [0.1, 0.15) is 11.8 Å². The molecule has 116 valence electrons. The molecule has 0 saturated carbocycles. The number of nitrogens with zero attached hydrogens (tertiary/aromatic N) is 1. The lowest BCUT2D eigenvalue weighted by Gasteiger charge is -2.36. The van der Waals surface area contributed by atoms with Crippen LogP contribution < -0.4 is 10.1 Å². The third-order valence-electron chi connectivity index (χ3n) is 3.49. The lowest BCUT2D eigenvalue weighted by atomic mass is 10.0. The normalized spacial score (nSPS) is 19.2. The molecule has 0 bridgehead atoms. The summed E-state index contributed by atoms with van der Waals surface area (Å²) in [5, 5.41) is 2.50. The Balaban J connectivity index is 2.14. The summed E-state index contributed by atoms with van der Waals surface area (Å²) < 4.78 is 44.0. The highest BCUT2D eigenvalue weighted by Crippen LogP contribution is 2.32. The van der Waals surface area contributed by atoms with Gasteiger partial charge in [0, 0.05) is 6.54 Å². The van der Waals surface area contributed by atoms with Gasteiger partial charge in [0.2, 0.25) is 0 Å². The lowest BCUT2D eigenvalue weighted by molar-refractivity contribution is -0.181. The molecule has 1 saturated heterocycles. The Hall–Kier alpha value is -1.92. The van der Waals surface area contributed by atoms with E-state index in [1.165, 1.54) is 7.11 Å². The highest BCUT2D eigenvalue weighted by Gasteiger charge is 2.46. The third-order valence-corrected chi connectivity index (χ3v) is 3.49. The highest BCUT2D eigenvalue weighted by atomic mass is 19.4. The molecule has 4 nitrogen and oxygen atoms in total. The van der Waals surface area contributed by atoms with Gasteiger partial charge in [-0.1, -0.05) is 12.1 Å². The minimum absolute atomic E-state index is 0.0527. The van der Waals surface area contributed by atoms with Crippen molar-refractivity contribution in [1.82, 2.24) is 4.90 Å². The Labute approximate surface area is 120 Å². The van der Waals surface area contributed by atoms with Gasteiger partial charge in [-0.15, -0.1) is 0 Å². The number of piperidine rings is 1. The zero-order valence-corrected chi connectivity index (χ0v) is 11.6. The summed E-state index contributed by atoms with van der Waals surface area (Å²) in [4.78, 5) is 13.0. The predicted molar refractivity (Wildman–Crippen MR) is 72.4 cm³/mol. The molecular formula is C14H17F3N2O2. The zero-order chi connectivity index (χ0) is 15.5. The summed E-state index contributed by atoms with van der Waals surface area (Å²) in [7, 11) is 1.43. The number of likely N-dealkylation sites (tertiary alicyclic amines) is 1. The van der Waals surface area contributed by atoms with Crippen molar-refractivity contribution in [2.24, 2.45) is 0 Å². The molecule has 1 aromatic carbocycles. The number of alkyl halides is 3. The second-order valence-electron chi connectivity index (χ2n) is 4.88. The number of hydrogen-bond donors (Lipinski definition) is 1. The average molecular weight is 302 g/mol. The van der Waals surface area contributed by atoms with Crippen LogP contribution in [-0.4, -0.2) is 36.8 Å². The van der Waals surface area contributed by atoms with E-state index in [2.05, 4.69) is 5.32 Å². The van der Waals surface area contributed by atoms with Crippen molar-refractivity contribution in [3.63, 3.8) is 0 Å².